The van der Waals surface area contributed by atoms with Crippen molar-refractivity contribution in [1.82, 2.24) is 5.32 Å². The topological polar surface area (TPSA) is 12.0 Å². The van der Waals surface area contributed by atoms with Crippen molar-refractivity contribution in [3.05, 3.63) is 35.9 Å². The molecule has 0 bridgehead atoms. The van der Waals surface area contributed by atoms with Crippen LogP contribution in [0.2, 0.25) is 0 Å². The van der Waals surface area contributed by atoms with Gasteiger partial charge in [0.15, 0.2) is 0 Å². The van der Waals surface area contributed by atoms with Gasteiger partial charge in [0.2, 0.25) is 0 Å². The Morgan fingerprint density at radius 2 is 1.79 bits per heavy atom. The maximum atomic E-state index is 3.58. The van der Waals surface area contributed by atoms with Crippen LogP contribution in [0.1, 0.15) is 51.0 Å². The van der Waals surface area contributed by atoms with E-state index in [1.165, 1.54) is 38.5 Å². The van der Waals surface area contributed by atoms with Crippen LogP contribution in [0, 0.1) is 17.8 Å². The second-order valence-corrected chi connectivity index (χ2v) is 5.59. The van der Waals surface area contributed by atoms with E-state index in [0.29, 0.717) is 6.04 Å². The number of hydrogen-bond donors (Lipinski definition) is 1. The minimum Gasteiger partial charge on any atom is -0.303 e. The van der Waals surface area contributed by atoms with Crippen molar-refractivity contribution in [3.8, 4) is 11.8 Å². The van der Waals surface area contributed by atoms with E-state index in [1.54, 1.807) is 0 Å². The number of nitrogens with one attached hydrogen (secondary N) is 1. The van der Waals surface area contributed by atoms with E-state index in [4.69, 9.17) is 0 Å². The molecule has 1 saturated carbocycles. The Morgan fingerprint density at radius 1 is 1.11 bits per heavy atom. The van der Waals surface area contributed by atoms with E-state index in [1.807, 2.05) is 18.2 Å². The Kier molecular flexibility index (Phi) is 5.98. The fourth-order valence-electron chi connectivity index (χ4n) is 2.86. The van der Waals surface area contributed by atoms with Crippen LogP contribution in [0.5, 0.6) is 0 Å². The molecule has 0 spiro atoms. The molecule has 2 rings (SSSR count). The molecule has 102 valence electrons. The molecule has 1 atom stereocenters. The molecule has 0 amide bonds. The zero-order valence-corrected chi connectivity index (χ0v) is 12.0. The van der Waals surface area contributed by atoms with Gasteiger partial charge in [-0.2, -0.15) is 0 Å². The average molecular weight is 255 g/mol. The summed E-state index contributed by atoms with van der Waals surface area (Å²) in [6.07, 6.45) is 8.45. The maximum absolute atomic E-state index is 3.58. The molecule has 1 aromatic rings. The molecule has 0 aliphatic heterocycles. The Balaban J connectivity index is 1.74. The monoisotopic (exact) mass is 255 g/mol. The first-order chi connectivity index (χ1) is 9.36. The van der Waals surface area contributed by atoms with Gasteiger partial charge in [-0.3, -0.25) is 0 Å². The first kappa shape index (κ1) is 14.2. The van der Waals surface area contributed by atoms with Gasteiger partial charge in [0.1, 0.15) is 0 Å². The quantitative estimate of drug-likeness (QED) is 0.636. The van der Waals surface area contributed by atoms with Gasteiger partial charge in [-0.1, -0.05) is 55.7 Å². The first-order valence-electron chi connectivity index (χ1n) is 7.63. The van der Waals surface area contributed by atoms with Gasteiger partial charge in [-0.15, -0.1) is 0 Å². The van der Waals surface area contributed by atoms with Crippen molar-refractivity contribution in [2.45, 2.75) is 51.5 Å². The fraction of sp³-hybridized carbons (Fsp3) is 0.556. The molecule has 0 saturated heterocycles. The van der Waals surface area contributed by atoms with Crippen molar-refractivity contribution >= 4 is 0 Å². The molecule has 0 radical (unpaired) electrons. The van der Waals surface area contributed by atoms with E-state index in [2.05, 4.69) is 36.2 Å². The summed E-state index contributed by atoms with van der Waals surface area (Å²) >= 11 is 0. The molecule has 1 nitrogen and oxygen atoms in total. The predicted octanol–water partition coefficient (Wildman–Crippen LogP) is 3.99. The van der Waals surface area contributed by atoms with Gasteiger partial charge >= 0.3 is 0 Å². The van der Waals surface area contributed by atoms with Crippen LogP contribution in [0.3, 0.4) is 0 Å². The van der Waals surface area contributed by atoms with Gasteiger partial charge in [-0.05, 0) is 37.8 Å². The molecule has 1 aliphatic rings. The van der Waals surface area contributed by atoms with Crippen LogP contribution < -0.4 is 5.32 Å². The average Bonchev–Trinajstić information content (AvgIpc) is 2.73. The second-order valence-electron chi connectivity index (χ2n) is 5.59. The third kappa shape index (κ3) is 5.09. The predicted molar refractivity (Wildman–Crippen MR) is 82.0 cm³/mol. The van der Waals surface area contributed by atoms with Crippen molar-refractivity contribution < 1.29 is 0 Å². The van der Waals surface area contributed by atoms with Crippen LogP contribution in [0.25, 0.3) is 0 Å². The number of rotatable bonds is 3. The van der Waals surface area contributed by atoms with Crippen molar-refractivity contribution in [2.24, 2.45) is 5.92 Å². The summed E-state index contributed by atoms with van der Waals surface area (Å²) in [6, 6.07) is 10.8. The van der Waals surface area contributed by atoms with Gasteiger partial charge in [-0.25, -0.2) is 0 Å². The second kappa shape index (κ2) is 8.02. The highest BCUT2D eigenvalue weighted by Gasteiger charge is 2.17. The zero-order chi connectivity index (χ0) is 13.3. The summed E-state index contributed by atoms with van der Waals surface area (Å²) in [5, 5.41) is 3.58. The lowest BCUT2D eigenvalue weighted by atomic mass is 9.93. The smallest absolute Gasteiger partial charge is 0.0582 e. The van der Waals surface area contributed by atoms with Gasteiger partial charge in [0.25, 0.3) is 0 Å². The molecule has 1 N–H and O–H groups in total. The molecular formula is C18H25N. The molecule has 0 aromatic heterocycles. The lowest BCUT2D eigenvalue weighted by Gasteiger charge is -2.22. The Morgan fingerprint density at radius 3 is 2.47 bits per heavy atom. The van der Waals surface area contributed by atoms with Crippen molar-refractivity contribution in [3.63, 3.8) is 0 Å². The van der Waals surface area contributed by atoms with Crippen molar-refractivity contribution in [2.75, 3.05) is 6.54 Å². The minimum atomic E-state index is 0.600. The number of hydrogen-bond acceptors (Lipinski definition) is 1. The SMILES string of the molecule is C[C@H](NCC#Cc1ccccc1)C1CCCCCC1. The standard InChI is InChI=1S/C18H25N/c1-16(18-13-7-2-3-8-14-18)19-15-9-12-17-10-5-4-6-11-17/h4-6,10-11,16,18-19H,2-3,7-8,13-15H2,1H3/t16-/m0/s1. The molecule has 0 unspecified atom stereocenters. The van der Waals surface area contributed by atoms with Crippen LogP contribution in [0.4, 0.5) is 0 Å². The Bertz CT molecular complexity index is 404. The summed E-state index contributed by atoms with van der Waals surface area (Å²) in [6.45, 7) is 3.12. The zero-order valence-electron chi connectivity index (χ0n) is 12.0. The normalized spacial score (nSPS) is 18.2. The van der Waals surface area contributed by atoms with Crippen LogP contribution in [-0.4, -0.2) is 12.6 Å². The molecule has 1 heteroatoms. The summed E-state index contributed by atoms with van der Waals surface area (Å²) < 4.78 is 0. The lowest BCUT2D eigenvalue weighted by molar-refractivity contribution is 0.348. The lowest BCUT2D eigenvalue weighted by Crippen LogP contribution is -2.33. The highest BCUT2D eigenvalue weighted by molar-refractivity contribution is 5.33. The van der Waals surface area contributed by atoms with Gasteiger partial charge in [0.05, 0.1) is 6.54 Å². The first-order valence-corrected chi connectivity index (χ1v) is 7.63. The Labute approximate surface area is 117 Å². The van der Waals surface area contributed by atoms with Gasteiger partial charge < -0.3 is 5.32 Å². The maximum Gasteiger partial charge on any atom is 0.0582 e. The van der Waals surface area contributed by atoms with E-state index >= 15 is 0 Å². The van der Waals surface area contributed by atoms with E-state index < -0.39 is 0 Å². The number of benzene rings is 1. The van der Waals surface area contributed by atoms with Crippen molar-refractivity contribution in [1.29, 1.82) is 0 Å². The highest BCUT2D eigenvalue weighted by atomic mass is 14.9. The van der Waals surface area contributed by atoms with Crippen LogP contribution in [-0.2, 0) is 0 Å². The van der Waals surface area contributed by atoms with Crippen LogP contribution in [0.15, 0.2) is 30.3 Å². The van der Waals surface area contributed by atoms with E-state index in [0.717, 1.165) is 18.0 Å². The summed E-state index contributed by atoms with van der Waals surface area (Å²) in [5.41, 5.74) is 1.10. The molecule has 19 heavy (non-hydrogen) atoms. The summed E-state index contributed by atoms with van der Waals surface area (Å²) in [5.74, 6) is 7.28. The summed E-state index contributed by atoms with van der Waals surface area (Å²) in [7, 11) is 0. The van der Waals surface area contributed by atoms with Gasteiger partial charge in [0, 0.05) is 11.6 Å². The Hall–Kier alpha value is -1.26. The molecule has 1 fully saturated rings. The summed E-state index contributed by atoms with van der Waals surface area (Å²) in [4.78, 5) is 0. The molecule has 1 aromatic carbocycles. The largest absolute Gasteiger partial charge is 0.303 e. The molecular weight excluding hydrogens is 230 g/mol. The third-order valence-corrected chi connectivity index (χ3v) is 4.13. The fourth-order valence-corrected chi connectivity index (χ4v) is 2.86. The van der Waals surface area contributed by atoms with E-state index in [9.17, 15) is 0 Å². The third-order valence-electron chi connectivity index (χ3n) is 4.13. The molecule has 0 heterocycles. The van der Waals surface area contributed by atoms with Crippen LogP contribution >= 0.6 is 0 Å². The molecule has 1 aliphatic carbocycles. The van der Waals surface area contributed by atoms with E-state index in [-0.39, 0.29) is 0 Å². The highest BCUT2D eigenvalue weighted by Crippen LogP contribution is 2.25. The minimum absolute atomic E-state index is 0.600.